The number of nitriles is 2. The molecule has 0 amide bonds. The van der Waals surface area contributed by atoms with Gasteiger partial charge in [-0.15, -0.1) is 0 Å². The average Bonchev–Trinajstić information content (AvgIpc) is 3.36. The van der Waals surface area contributed by atoms with Gasteiger partial charge in [-0.2, -0.15) is 10.5 Å². The summed E-state index contributed by atoms with van der Waals surface area (Å²) in [6.45, 7) is 0. The van der Waals surface area contributed by atoms with Crippen molar-refractivity contribution in [2.45, 2.75) is 0 Å². The molecule has 0 aliphatic heterocycles. The predicted octanol–water partition coefficient (Wildman–Crippen LogP) is 1.53. The molecule has 4 aromatic rings. The number of hydrogen-bond acceptors (Lipinski definition) is 40. The van der Waals surface area contributed by atoms with Gasteiger partial charge in [-0.1, -0.05) is 60.7 Å². The SMILES string of the molecule is N#Cc1cnccc1-c1ccccc1.N#Cc1cnccc1Br.OB(O)c1ccccc1.OOOOOOOOOOOOOOOOOOOOOOOOOOOOOOOOOO. The summed E-state index contributed by atoms with van der Waals surface area (Å²) in [6.07, 6.45) is 6.43. The van der Waals surface area contributed by atoms with E-state index in [-0.39, 0.29) is 0 Å². The van der Waals surface area contributed by atoms with Gasteiger partial charge in [-0.25, -0.2) is 10.5 Å². The molecule has 2 aromatic carbocycles. The minimum absolute atomic E-state index is 0.525. The van der Waals surface area contributed by atoms with Crippen molar-refractivity contribution < 1.29 is 182 Å². The van der Waals surface area contributed by atoms with Crippen LogP contribution in [0.25, 0.3) is 11.1 Å². The summed E-state index contributed by atoms with van der Waals surface area (Å²) in [5.74, 6) is 0. The van der Waals surface area contributed by atoms with Gasteiger partial charge in [0.25, 0.3) is 0 Å². The van der Waals surface area contributed by atoms with Gasteiger partial charge in [0.2, 0.25) is 0 Å². The standard InChI is InChI=1S/C12H8N2.C6H7BO2.C6H3BrN2.H2O34/c13-8-11-9-14-7-6-12(11)10-4-2-1-3-5-10;8-7(9)6-4-2-1-3-5-6;7-6-1-2-9-4-5(6)3-8;1-3-5-7-9-11-13-15-17-19-21-23-25-27-29-31-33-34-32-30-28-26-24-22-20-18-16-14-12-10-8-6-4-2/h1-7,9H;1-5,8-9H;1-2,4H;1-2H. The minimum Gasteiger partial charge on any atom is -0.423 e. The van der Waals surface area contributed by atoms with E-state index in [1.165, 1.54) is 6.20 Å². The second kappa shape index (κ2) is 45.0. The van der Waals surface area contributed by atoms with E-state index in [1.54, 1.807) is 48.9 Å². The quantitative estimate of drug-likeness (QED) is 0.0227. The maximum Gasteiger partial charge on any atom is 0.488 e. The Labute approximate surface area is 367 Å². The topological polar surface area (TPSA) is 450 Å². The van der Waals surface area contributed by atoms with Gasteiger partial charge in [0, 0.05) is 115 Å². The first-order valence-electron chi connectivity index (χ1n) is 14.9. The molecule has 0 radical (unpaired) electrons. The lowest BCUT2D eigenvalue weighted by Crippen LogP contribution is -2.29. The van der Waals surface area contributed by atoms with Crippen LogP contribution in [0, 0.1) is 22.7 Å². The van der Waals surface area contributed by atoms with E-state index < -0.39 is 7.12 Å². The fraction of sp³-hybridized carbons (Fsp3) is 0. The van der Waals surface area contributed by atoms with Crippen LogP contribution in [0.5, 0.6) is 0 Å². The van der Waals surface area contributed by atoms with Crippen LogP contribution in [-0.4, -0.2) is 37.6 Å². The maximum atomic E-state index is 8.89. The van der Waals surface area contributed by atoms with Gasteiger partial charge in [0.1, 0.15) is 12.1 Å². The van der Waals surface area contributed by atoms with Crippen LogP contribution in [0.15, 0.2) is 102 Å². The predicted molar refractivity (Wildman–Crippen MR) is 167 cm³/mol. The van der Waals surface area contributed by atoms with Crippen LogP contribution < -0.4 is 5.46 Å². The van der Waals surface area contributed by atoms with Crippen molar-refractivity contribution in [2.75, 3.05) is 0 Å². The van der Waals surface area contributed by atoms with Crippen LogP contribution in [0.3, 0.4) is 0 Å². The van der Waals surface area contributed by atoms with Gasteiger partial charge in [0.05, 0.1) is 11.1 Å². The lowest BCUT2D eigenvalue weighted by atomic mass is 9.81. The van der Waals surface area contributed by atoms with E-state index in [9.17, 15) is 0 Å². The Balaban J connectivity index is 0.000000540. The fourth-order valence-corrected chi connectivity index (χ4v) is 3.09. The third-order valence-corrected chi connectivity index (χ3v) is 5.57. The number of pyridine rings is 2. The van der Waals surface area contributed by atoms with Crippen LogP contribution >= 0.6 is 15.9 Å². The molecule has 0 unspecified atom stereocenters. The van der Waals surface area contributed by atoms with E-state index in [0.717, 1.165) is 15.6 Å². The number of hydrogen-bond donors (Lipinski definition) is 4. The molecule has 42 heteroatoms. The van der Waals surface area contributed by atoms with Crippen molar-refractivity contribution in [3.63, 3.8) is 0 Å². The van der Waals surface area contributed by atoms with Crippen molar-refractivity contribution in [3.8, 4) is 23.3 Å². The largest absolute Gasteiger partial charge is 0.488 e. The number of rotatable bonds is 33. The molecule has 2 heterocycles. The highest BCUT2D eigenvalue weighted by Gasteiger charge is 2.08. The Morgan fingerprint density at radius 2 is 0.712 bits per heavy atom. The normalized spacial score (nSPS) is 10.3. The maximum absolute atomic E-state index is 8.89. The van der Waals surface area contributed by atoms with E-state index in [2.05, 4.69) is 193 Å². The minimum atomic E-state index is -1.34. The average molecular weight is 1030 g/mol. The molecule has 0 aliphatic rings. The first kappa shape index (κ1) is 58.8. The van der Waals surface area contributed by atoms with E-state index >= 15 is 0 Å². The smallest absolute Gasteiger partial charge is 0.423 e. The second-order valence-electron chi connectivity index (χ2n) is 8.34. The number of aromatic nitrogens is 2. The molecule has 0 bridgehead atoms. The summed E-state index contributed by atoms with van der Waals surface area (Å²) in [5.41, 5.74) is 3.68. The summed E-state index contributed by atoms with van der Waals surface area (Å²) < 4.78 is 0.792. The summed E-state index contributed by atoms with van der Waals surface area (Å²) >= 11 is 3.19. The van der Waals surface area contributed by atoms with Gasteiger partial charge in [-0.3, -0.25) is 9.97 Å². The first-order chi connectivity index (χ1) is 32.5. The van der Waals surface area contributed by atoms with E-state index in [1.807, 2.05) is 48.5 Å². The Hall–Kier alpha value is -5.18. The van der Waals surface area contributed by atoms with Crippen LogP contribution in [-0.2, 0) is 161 Å². The number of nitrogens with zero attached hydrogens (tertiary/aromatic N) is 4. The molecule has 0 aliphatic carbocycles. The summed E-state index contributed by atoms with van der Waals surface area (Å²) in [4.78, 5) is 7.68. The van der Waals surface area contributed by atoms with Gasteiger partial charge in [-0.05, 0) is 120 Å². The molecule has 2 aromatic heterocycles. The molecule has 4 N–H and O–H groups in total. The van der Waals surface area contributed by atoms with Crippen molar-refractivity contribution in [1.29, 1.82) is 10.5 Å². The van der Waals surface area contributed by atoms with E-state index in [4.69, 9.17) is 31.1 Å². The molecule has 0 atom stereocenters. The third kappa shape index (κ3) is 34.2. The third-order valence-electron chi connectivity index (χ3n) is 4.88. The molecule has 0 spiro atoms. The number of halogens is 1. The van der Waals surface area contributed by atoms with E-state index in [0.29, 0.717) is 16.6 Å². The van der Waals surface area contributed by atoms with Crippen molar-refractivity contribution in [2.24, 2.45) is 0 Å². The summed E-state index contributed by atoms with van der Waals surface area (Å²) in [6, 6.07) is 26.2. The van der Waals surface area contributed by atoms with Crippen LogP contribution in [0.1, 0.15) is 11.1 Å². The number of benzene rings is 2. The summed E-state index contributed by atoms with van der Waals surface area (Å²) in [5, 5.41) is 158. The van der Waals surface area contributed by atoms with Gasteiger partial charge >= 0.3 is 7.12 Å². The monoisotopic (exact) mass is 1030 g/mol. The van der Waals surface area contributed by atoms with Crippen LogP contribution in [0.2, 0.25) is 0 Å². The molecular weight excluding hydrogens is 1010 g/mol. The second-order valence-corrected chi connectivity index (χ2v) is 9.20. The molecular formula is C24H20BBrN4O36. The molecule has 0 saturated heterocycles. The van der Waals surface area contributed by atoms with Crippen molar-refractivity contribution in [1.82, 2.24) is 9.97 Å². The zero-order chi connectivity index (χ0) is 47.8. The first-order valence-corrected chi connectivity index (χ1v) is 15.7. The summed E-state index contributed by atoms with van der Waals surface area (Å²) in [7, 11) is -1.34. The molecule has 362 valence electrons. The molecule has 40 nitrogen and oxygen atoms in total. The Kier molecular flexibility index (Phi) is 40.1. The highest BCUT2D eigenvalue weighted by molar-refractivity contribution is 9.10. The highest BCUT2D eigenvalue weighted by atomic mass is 79.9. The molecule has 66 heavy (non-hydrogen) atoms. The van der Waals surface area contributed by atoms with Crippen LogP contribution in [0.4, 0.5) is 0 Å². The van der Waals surface area contributed by atoms with Crippen molar-refractivity contribution >= 4 is 28.5 Å². The Bertz CT molecular complexity index is 1740. The Morgan fingerprint density at radius 1 is 0.409 bits per heavy atom. The Morgan fingerprint density at radius 3 is 0.985 bits per heavy atom. The fourth-order valence-electron chi connectivity index (χ4n) is 2.78. The highest BCUT2D eigenvalue weighted by Crippen LogP contribution is 2.21. The van der Waals surface area contributed by atoms with Gasteiger partial charge in [0.15, 0.2) is 0 Å². The molecule has 0 saturated carbocycles. The lowest BCUT2D eigenvalue weighted by molar-refractivity contribution is -0.906. The lowest BCUT2D eigenvalue weighted by Gasteiger charge is -2.01. The zero-order valence-electron chi connectivity index (χ0n) is 30.8. The zero-order valence-corrected chi connectivity index (χ0v) is 32.4. The molecule has 0 fully saturated rings. The van der Waals surface area contributed by atoms with Gasteiger partial charge < -0.3 is 10.0 Å². The molecule has 4 rings (SSSR count). The van der Waals surface area contributed by atoms with Crippen molar-refractivity contribution in [3.05, 3.63) is 113 Å².